The second kappa shape index (κ2) is 11.2. The van der Waals surface area contributed by atoms with Gasteiger partial charge in [-0.1, -0.05) is 42.0 Å². The molecule has 0 radical (unpaired) electrons. The number of carbonyl (C=O) groups excluding carboxylic acids is 1. The molecule has 182 valence electrons. The van der Waals surface area contributed by atoms with E-state index >= 15 is 0 Å². The van der Waals surface area contributed by atoms with E-state index in [1.165, 1.54) is 11.1 Å². The van der Waals surface area contributed by atoms with Crippen molar-refractivity contribution < 1.29 is 9.53 Å². The lowest BCUT2D eigenvalue weighted by Crippen LogP contribution is -2.25. The van der Waals surface area contributed by atoms with Gasteiger partial charge in [0.25, 0.3) is 5.91 Å². The van der Waals surface area contributed by atoms with Gasteiger partial charge in [0.1, 0.15) is 11.6 Å². The van der Waals surface area contributed by atoms with Crippen LogP contribution >= 0.6 is 0 Å². The van der Waals surface area contributed by atoms with E-state index in [-0.39, 0.29) is 5.91 Å². The number of aryl methyl sites for hydroxylation is 5. The third-order valence-corrected chi connectivity index (χ3v) is 6.56. The number of imidazole rings is 1. The lowest BCUT2D eigenvalue weighted by Gasteiger charge is -2.13. The molecule has 5 heteroatoms. The SMILES string of the molecule is Cc1ccc(C(=O)NCCCc2nc3ccccc3n2CCCOc2cccc(C)c2C)c(C)c1. The fourth-order valence-electron chi connectivity index (χ4n) is 4.46. The standard InChI is InChI=1S/C30H35N3O2/c1-21-15-16-25(23(3)20-21)30(34)31-17-8-14-29-32-26-11-5-6-12-27(26)33(29)18-9-19-35-28-13-7-10-22(2)24(28)4/h5-7,10-13,15-16,20H,8-9,14,17-19H2,1-4H3,(H,31,34). The largest absolute Gasteiger partial charge is 0.493 e. The Morgan fingerprint density at radius 3 is 2.60 bits per heavy atom. The molecule has 0 unspecified atom stereocenters. The van der Waals surface area contributed by atoms with Crippen LogP contribution < -0.4 is 10.1 Å². The van der Waals surface area contributed by atoms with E-state index < -0.39 is 0 Å². The summed E-state index contributed by atoms with van der Waals surface area (Å²) in [6.45, 7) is 10.3. The van der Waals surface area contributed by atoms with Crippen LogP contribution in [0.2, 0.25) is 0 Å². The van der Waals surface area contributed by atoms with Crippen LogP contribution in [-0.2, 0) is 13.0 Å². The van der Waals surface area contributed by atoms with E-state index in [9.17, 15) is 4.79 Å². The molecule has 5 nitrogen and oxygen atoms in total. The minimum absolute atomic E-state index is 0.0143. The van der Waals surface area contributed by atoms with Gasteiger partial charge >= 0.3 is 0 Å². The van der Waals surface area contributed by atoms with E-state index in [4.69, 9.17) is 9.72 Å². The smallest absolute Gasteiger partial charge is 0.251 e. The van der Waals surface area contributed by atoms with Crippen LogP contribution in [0.25, 0.3) is 11.0 Å². The third kappa shape index (κ3) is 5.91. The average molecular weight is 470 g/mol. The number of benzene rings is 3. The number of fused-ring (bicyclic) bond motifs is 1. The summed E-state index contributed by atoms with van der Waals surface area (Å²) in [5.74, 6) is 2.00. The number of nitrogens with one attached hydrogen (secondary N) is 1. The summed E-state index contributed by atoms with van der Waals surface area (Å²) >= 11 is 0. The number of hydrogen-bond donors (Lipinski definition) is 1. The predicted molar refractivity (Wildman–Crippen MR) is 142 cm³/mol. The summed E-state index contributed by atoms with van der Waals surface area (Å²) in [5, 5.41) is 3.07. The van der Waals surface area contributed by atoms with Crippen LogP contribution in [0.3, 0.4) is 0 Å². The van der Waals surface area contributed by atoms with Crippen molar-refractivity contribution in [2.45, 2.75) is 53.5 Å². The molecule has 0 spiro atoms. The molecule has 35 heavy (non-hydrogen) atoms. The Labute approximate surface area is 208 Å². The van der Waals surface area contributed by atoms with Gasteiger partial charge in [0.15, 0.2) is 0 Å². The number of aromatic nitrogens is 2. The Balaban J connectivity index is 1.34. The average Bonchev–Trinajstić information content (AvgIpc) is 3.19. The molecule has 0 aliphatic rings. The molecule has 1 aromatic heterocycles. The van der Waals surface area contributed by atoms with Crippen LogP contribution in [0, 0.1) is 27.7 Å². The molecule has 4 aromatic rings. The number of nitrogens with zero attached hydrogens (tertiary/aromatic N) is 2. The van der Waals surface area contributed by atoms with Gasteiger partial charge in [-0.3, -0.25) is 4.79 Å². The lowest BCUT2D eigenvalue weighted by molar-refractivity contribution is 0.0952. The van der Waals surface area contributed by atoms with Gasteiger partial charge in [-0.25, -0.2) is 4.98 Å². The van der Waals surface area contributed by atoms with Gasteiger partial charge < -0.3 is 14.6 Å². The van der Waals surface area contributed by atoms with Gasteiger partial charge in [0, 0.05) is 25.1 Å². The Morgan fingerprint density at radius 2 is 1.77 bits per heavy atom. The molecule has 3 aromatic carbocycles. The van der Waals surface area contributed by atoms with Crippen molar-refractivity contribution in [3.8, 4) is 5.75 Å². The zero-order valence-electron chi connectivity index (χ0n) is 21.2. The summed E-state index contributed by atoms with van der Waals surface area (Å²) in [7, 11) is 0. The molecule has 1 N–H and O–H groups in total. The van der Waals surface area contributed by atoms with E-state index in [0.29, 0.717) is 13.2 Å². The topological polar surface area (TPSA) is 56.2 Å². The maximum atomic E-state index is 12.6. The fourth-order valence-corrected chi connectivity index (χ4v) is 4.46. The Morgan fingerprint density at radius 1 is 0.943 bits per heavy atom. The minimum atomic E-state index is -0.0143. The monoisotopic (exact) mass is 469 g/mol. The van der Waals surface area contributed by atoms with Crippen molar-refractivity contribution >= 4 is 16.9 Å². The van der Waals surface area contributed by atoms with Crippen LogP contribution in [0.4, 0.5) is 0 Å². The molecule has 4 rings (SSSR count). The molecular formula is C30H35N3O2. The predicted octanol–water partition coefficient (Wildman–Crippen LogP) is 6.10. The van der Waals surface area contributed by atoms with Crippen molar-refractivity contribution in [1.82, 2.24) is 14.9 Å². The lowest BCUT2D eigenvalue weighted by atomic mass is 10.1. The van der Waals surface area contributed by atoms with Gasteiger partial charge in [0.05, 0.1) is 17.6 Å². The van der Waals surface area contributed by atoms with Crippen LogP contribution in [0.1, 0.15) is 51.3 Å². The molecule has 0 atom stereocenters. The first kappa shape index (κ1) is 24.5. The van der Waals surface area contributed by atoms with Crippen molar-refractivity contribution in [2.75, 3.05) is 13.2 Å². The van der Waals surface area contributed by atoms with Gasteiger partial charge in [-0.05, 0) is 81.5 Å². The fraction of sp³-hybridized carbons (Fsp3) is 0.333. The number of amides is 1. The van der Waals surface area contributed by atoms with Crippen LogP contribution in [0.15, 0.2) is 60.7 Å². The minimum Gasteiger partial charge on any atom is -0.493 e. The van der Waals surface area contributed by atoms with Crippen LogP contribution in [-0.4, -0.2) is 28.6 Å². The van der Waals surface area contributed by atoms with Crippen molar-refractivity contribution in [1.29, 1.82) is 0 Å². The maximum absolute atomic E-state index is 12.6. The van der Waals surface area contributed by atoms with E-state index in [2.05, 4.69) is 48.0 Å². The summed E-state index contributed by atoms with van der Waals surface area (Å²) < 4.78 is 8.37. The summed E-state index contributed by atoms with van der Waals surface area (Å²) in [4.78, 5) is 17.5. The second-order valence-electron chi connectivity index (χ2n) is 9.25. The first-order valence-electron chi connectivity index (χ1n) is 12.4. The van der Waals surface area contributed by atoms with Crippen molar-refractivity contribution in [3.63, 3.8) is 0 Å². The second-order valence-corrected chi connectivity index (χ2v) is 9.25. The summed E-state index contributed by atoms with van der Waals surface area (Å²) in [5.41, 5.74) is 7.52. The molecule has 0 saturated heterocycles. The Hall–Kier alpha value is -3.60. The van der Waals surface area contributed by atoms with E-state index in [1.807, 2.05) is 50.2 Å². The zero-order chi connectivity index (χ0) is 24.8. The number of para-hydroxylation sites is 2. The zero-order valence-corrected chi connectivity index (χ0v) is 21.2. The Kier molecular flexibility index (Phi) is 7.86. The number of ether oxygens (including phenoxy) is 1. The highest BCUT2D eigenvalue weighted by Gasteiger charge is 2.12. The highest BCUT2D eigenvalue weighted by Crippen LogP contribution is 2.21. The molecule has 0 aliphatic heterocycles. The first-order valence-corrected chi connectivity index (χ1v) is 12.4. The van der Waals surface area contributed by atoms with Gasteiger partial charge in [-0.15, -0.1) is 0 Å². The number of rotatable bonds is 10. The maximum Gasteiger partial charge on any atom is 0.251 e. The summed E-state index contributed by atoms with van der Waals surface area (Å²) in [6.07, 6.45) is 2.53. The first-order chi connectivity index (χ1) is 16.9. The normalized spacial score (nSPS) is 11.1. The highest BCUT2D eigenvalue weighted by atomic mass is 16.5. The number of hydrogen-bond acceptors (Lipinski definition) is 3. The molecule has 0 fully saturated rings. The number of carbonyl (C=O) groups is 1. The molecule has 1 amide bonds. The van der Waals surface area contributed by atoms with E-state index in [1.54, 1.807) is 0 Å². The van der Waals surface area contributed by atoms with Crippen molar-refractivity contribution in [2.24, 2.45) is 0 Å². The quantitative estimate of drug-likeness (QED) is 0.286. The van der Waals surface area contributed by atoms with Crippen molar-refractivity contribution in [3.05, 3.63) is 94.3 Å². The molecule has 0 aliphatic carbocycles. The molecule has 1 heterocycles. The van der Waals surface area contributed by atoms with Gasteiger partial charge in [-0.2, -0.15) is 0 Å². The van der Waals surface area contributed by atoms with Crippen LogP contribution in [0.5, 0.6) is 5.75 Å². The molecule has 0 bridgehead atoms. The molecular weight excluding hydrogens is 434 g/mol. The highest BCUT2D eigenvalue weighted by molar-refractivity contribution is 5.95. The Bertz CT molecular complexity index is 1320. The molecule has 0 saturated carbocycles. The third-order valence-electron chi connectivity index (χ3n) is 6.56. The summed E-state index contributed by atoms with van der Waals surface area (Å²) in [6, 6.07) is 20.4. The van der Waals surface area contributed by atoms with E-state index in [0.717, 1.165) is 65.1 Å². The van der Waals surface area contributed by atoms with Gasteiger partial charge in [0.2, 0.25) is 0 Å².